The van der Waals surface area contributed by atoms with Crippen molar-refractivity contribution in [3.63, 3.8) is 0 Å². The predicted octanol–water partition coefficient (Wildman–Crippen LogP) is 3.17. The van der Waals surface area contributed by atoms with Crippen molar-refractivity contribution in [2.75, 3.05) is 0 Å². The lowest BCUT2D eigenvalue weighted by molar-refractivity contribution is 1.48. The maximum absolute atomic E-state index is 4.08. The van der Waals surface area contributed by atoms with Crippen LogP contribution in [0.4, 0.5) is 0 Å². The van der Waals surface area contributed by atoms with Gasteiger partial charge in [-0.2, -0.15) is 0 Å². The maximum Gasteiger partial charge on any atom is 0.00399 e. The summed E-state index contributed by atoms with van der Waals surface area (Å²) in [5.74, 6) is 0. The van der Waals surface area contributed by atoms with Crippen molar-refractivity contribution in [1.29, 1.82) is 0 Å². The Hall–Kier alpha value is -0.690. The molecule has 1 rings (SSSR count). The Balaban J connectivity index is 0.000000236. The van der Waals surface area contributed by atoms with E-state index in [0.29, 0.717) is 0 Å². The fourth-order valence-electron chi connectivity index (χ4n) is 0.428. The van der Waals surface area contributed by atoms with Crippen LogP contribution < -0.4 is 0 Å². The molecule has 0 aliphatic rings. The second kappa shape index (κ2) is 6.43. The zero-order chi connectivity index (χ0) is 7.82. The summed E-state index contributed by atoms with van der Waals surface area (Å²) in [5.41, 5.74) is 0. The maximum atomic E-state index is 4.08. The van der Waals surface area contributed by atoms with Gasteiger partial charge in [0.2, 0.25) is 0 Å². The summed E-state index contributed by atoms with van der Waals surface area (Å²) < 4.78 is 0. The Morgan fingerprint density at radius 2 is 1.70 bits per heavy atom. The minimum atomic E-state index is 1.02. The van der Waals surface area contributed by atoms with Gasteiger partial charge < -0.3 is 0 Å². The van der Waals surface area contributed by atoms with Gasteiger partial charge in [0.05, 0.1) is 0 Å². The fourth-order valence-corrected chi connectivity index (χ4v) is 0.600. The molecule has 1 heteroatoms. The number of rotatable bonds is 0. The van der Waals surface area contributed by atoms with Crippen LogP contribution in [-0.2, 0) is 0 Å². The highest BCUT2D eigenvalue weighted by molar-refractivity contribution is 7.80. The van der Waals surface area contributed by atoms with E-state index in [1.165, 1.54) is 0 Å². The van der Waals surface area contributed by atoms with Gasteiger partial charge >= 0.3 is 0 Å². The molecule has 0 atom stereocenters. The van der Waals surface area contributed by atoms with Gasteiger partial charge in [0.25, 0.3) is 0 Å². The first-order valence-electron chi connectivity index (χ1n) is 3.12. The number of thiol groups is 1. The van der Waals surface area contributed by atoms with Gasteiger partial charge in [-0.05, 0) is 19.1 Å². The van der Waals surface area contributed by atoms with Gasteiger partial charge in [-0.3, -0.25) is 0 Å². The molecule has 54 valence electrons. The molecule has 0 aliphatic carbocycles. The monoisotopic (exact) mass is 152 g/mol. The third kappa shape index (κ3) is 5.45. The van der Waals surface area contributed by atoms with Crippen molar-refractivity contribution < 1.29 is 0 Å². The third-order valence-electron chi connectivity index (χ3n) is 0.756. The minimum Gasteiger partial charge on any atom is -0.143 e. The topological polar surface area (TPSA) is 0 Å². The van der Waals surface area contributed by atoms with Gasteiger partial charge in [-0.15, -0.1) is 19.2 Å². The number of hydrogen-bond donors (Lipinski definition) is 1. The first-order chi connectivity index (χ1) is 4.81. The van der Waals surface area contributed by atoms with E-state index in [9.17, 15) is 0 Å². The predicted molar refractivity (Wildman–Crippen MR) is 49.6 cm³/mol. The Labute approximate surface area is 68.0 Å². The van der Waals surface area contributed by atoms with Gasteiger partial charge in [0.15, 0.2) is 0 Å². The van der Waals surface area contributed by atoms with E-state index in [1.54, 1.807) is 6.08 Å². The van der Waals surface area contributed by atoms with Gasteiger partial charge in [-0.1, -0.05) is 24.3 Å². The number of benzene rings is 1. The normalized spacial score (nSPS) is 7.40. The molecule has 0 aromatic heterocycles. The zero-order valence-electron chi connectivity index (χ0n) is 6.12. The molecule has 0 saturated carbocycles. The lowest BCUT2D eigenvalue weighted by atomic mass is 10.4. The summed E-state index contributed by atoms with van der Waals surface area (Å²) >= 11 is 4.08. The van der Waals surface area contributed by atoms with Gasteiger partial charge in [0.1, 0.15) is 0 Å². The quantitative estimate of drug-likeness (QED) is 0.428. The molecular formula is C9H12S. The number of hydrogen-bond acceptors (Lipinski definition) is 1. The molecule has 1 aromatic rings. The fraction of sp³-hybridized carbons (Fsp3) is 0.111. The number of allylic oxidation sites excluding steroid dienone is 1. The highest BCUT2D eigenvalue weighted by Crippen LogP contribution is 2.00. The Bertz CT molecular complexity index is 167. The molecule has 0 amide bonds. The van der Waals surface area contributed by atoms with Crippen LogP contribution in [0.5, 0.6) is 0 Å². The van der Waals surface area contributed by atoms with Gasteiger partial charge in [-0.25, -0.2) is 0 Å². The summed E-state index contributed by atoms with van der Waals surface area (Å²) in [4.78, 5) is 1.02. The molecule has 0 heterocycles. The van der Waals surface area contributed by atoms with Crippen LogP contribution in [0.3, 0.4) is 0 Å². The Kier molecular flexibility index (Phi) is 5.99. The molecule has 0 bridgehead atoms. The smallest absolute Gasteiger partial charge is 0.00399 e. The van der Waals surface area contributed by atoms with Crippen LogP contribution in [0.15, 0.2) is 47.9 Å². The van der Waals surface area contributed by atoms with Crippen molar-refractivity contribution >= 4 is 12.6 Å². The average Bonchev–Trinajstić information content (AvgIpc) is 1.91. The van der Waals surface area contributed by atoms with E-state index >= 15 is 0 Å². The lowest BCUT2D eigenvalue weighted by Crippen LogP contribution is -1.56. The molecule has 0 spiro atoms. The molecular weight excluding hydrogens is 140 g/mol. The van der Waals surface area contributed by atoms with Crippen molar-refractivity contribution in [2.24, 2.45) is 0 Å². The largest absolute Gasteiger partial charge is 0.143 e. The van der Waals surface area contributed by atoms with Crippen LogP contribution in [0.25, 0.3) is 0 Å². The summed E-state index contributed by atoms with van der Waals surface area (Å²) in [5, 5.41) is 0. The SMILES string of the molecule is C=CC.Sc1ccccc1. The van der Waals surface area contributed by atoms with Crippen molar-refractivity contribution in [3.05, 3.63) is 43.0 Å². The van der Waals surface area contributed by atoms with E-state index < -0.39 is 0 Å². The van der Waals surface area contributed by atoms with E-state index in [0.717, 1.165) is 4.90 Å². The second-order valence-corrected chi connectivity index (χ2v) is 2.26. The van der Waals surface area contributed by atoms with E-state index in [4.69, 9.17) is 0 Å². The summed E-state index contributed by atoms with van der Waals surface area (Å²) in [7, 11) is 0. The van der Waals surface area contributed by atoms with E-state index in [1.807, 2.05) is 37.3 Å². The van der Waals surface area contributed by atoms with Crippen LogP contribution in [0.1, 0.15) is 6.92 Å². The second-order valence-electron chi connectivity index (χ2n) is 1.74. The van der Waals surface area contributed by atoms with Crippen LogP contribution in [0, 0.1) is 0 Å². The first kappa shape index (κ1) is 9.31. The Morgan fingerprint density at radius 3 is 1.90 bits per heavy atom. The molecule has 0 N–H and O–H groups in total. The summed E-state index contributed by atoms with van der Waals surface area (Å²) in [6.07, 6.45) is 1.75. The molecule has 10 heavy (non-hydrogen) atoms. The van der Waals surface area contributed by atoms with Crippen molar-refractivity contribution in [3.8, 4) is 0 Å². The van der Waals surface area contributed by atoms with Crippen molar-refractivity contribution in [2.45, 2.75) is 11.8 Å². The lowest BCUT2D eigenvalue weighted by Gasteiger charge is -1.81. The zero-order valence-corrected chi connectivity index (χ0v) is 7.01. The first-order valence-corrected chi connectivity index (χ1v) is 3.57. The van der Waals surface area contributed by atoms with Crippen LogP contribution in [-0.4, -0.2) is 0 Å². The summed E-state index contributed by atoms with van der Waals surface area (Å²) in [6, 6.07) is 9.79. The third-order valence-corrected chi connectivity index (χ3v) is 1.05. The molecule has 0 nitrogen and oxygen atoms in total. The minimum absolute atomic E-state index is 1.02. The highest BCUT2D eigenvalue weighted by Gasteiger charge is 1.73. The van der Waals surface area contributed by atoms with Gasteiger partial charge in [0, 0.05) is 4.90 Å². The molecule has 0 fully saturated rings. The molecule has 0 aliphatic heterocycles. The molecule has 0 saturated heterocycles. The van der Waals surface area contributed by atoms with Crippen LogP contribution in [0.2, 0.25) is 0 Å². The Morgan fingerprint density at radius 1 is 1.30 bits per heavy atom. The van der Waals surface area contributed by atoms with Crippen molar-refractivity contribution in [1.82, 2.24) is 0 Å². The average molecular weight is 152 g/mol. The van der Waals surface area contributed by atoms with E-state index in [2.05, 4.69) is 19.2 Å². The van der Waals surface area contributed by atoms with Crippen LogP contribution >= 0.6 is 12.6 Å². The summed E-state index contributed by atoms with van der Waals surface area (Å²) in [6.45, 7) is 5.25. The molecule has 0 radical (unpaired) electrons. The molecule has 0 unspecified atom stereocenters. The standard InChI is InChI=1S/C6H6S.C3H6/c7-6-4-2-1-3-5-6;1-3-2/h1-5,7H;3H,1H2,2H3. The van der Waals surface area contributed by atoms with E-state index in [-0.39, 0.29) is 0 Å². The molecule has 1 aromatic carbocycles. The highest BCUT2D eigenvalue weighted by atomic mass is 32.1.